The van der Waals surface area contributed by atoms with Crippen LogP contribution in [0.5, 0.6) is 0 Å². The Balaban J connectivity index is 1.47. The maximum absolute atomic E-state index is 13.3. The topological polar surface area (TPSA) is 37.6 Å². The van der Waals surface area contributed by atoms with E-state index in [1.807, 2.05) is 11.3 Å². The van der Waals surface area contributed by atoms with Gasteiger partial charge in [0.25, 0.3) is 5.91 Å². The van der Waals surface area contributed by atoms with E-state index in [4.69, 9.17) is 4.98 Å². The second-order valence-corrected chi connectivity index (χ2v) is 9.63. The second-order valence-electron chi connectivity index (χ2n) is 8.57. The van der Waals surface area contributed by atoms with Gasteiger partial charge in [-0.1, -0.05) is 12.1 Å². The highest BCUT2D eigenvalue weighted by Crippen LogP contribution is 2.30. The number of rotatable bonds is 3. The van der Waals surface area contributed by atoms with Crippen LogP contribution < -0.4 is 4.90 Å². The van der Waals surface area contributed by atoms with Crippen molar-refractivity contribution in [2.24, 2.45) is 0 Å². The smallest absolute Gasteiger partial charge is 0.281 e. The number of thiazole rings is 1. The Morgan fingerprint density at radius 1 is 1.19 bits per heavy atom. The lowest BCUT2D eigenvalue weighted by Gasteiger charge is -2.42. The zero-order valence-corrected chi connectivity index (χ0v) is 17.6. The third-order valence-corrected chi connectivity index (χ3v) is 7.85. The summed E-state index contributed by atoms with van der Waals surface area (Å²) in [4.78, 5) is 21.8. The molecule has 1 aromatic heterocycles. The van der Waals surface area contributed by atoms with Crippen LogP contribution in [-0.2, 0) is 4.79 Å². The van der Waals surface area contributed by atoms with Crippen LogP contribution in [0, 0.1) is 0 Å². The summed E-state index contributed by atoms with van der Waals surface area (Å²) in [7, 11) is 0. The van der Waals surface area contributed by atoms with Gasteiger partial charge >= 0.3 is 0 Å². The molecule has 2 saturated heterocycles. The van der Waals surface area contributed by atoms with Gasteiger partial charge in [-0.3, -0.25) is 4.79 Å². The summed E-state index contributed by atoms with van der Waals surface area (Å²) >= 11 is 1.84. The van der Waals surface area contributed by atoms with Crippen LogP contribution >= 0.6 is 11.3 Å². The van der Waals surface area contributed by atoms with Gasteiger partial charge in [0.2, 0.25) is 0 Å². The molecule has 4 nitrogen and oxygen atoms in total. The molecule has 1 aromatic carbocycles. The Morgan fingerprint density at radius 3 is 2.67 bits per heavy atom. The molecule has 146 valence electrons. The second kappa shape index (κ2) is 7.88. The quantitative estimate of drug-likeness (QED) is 0.879. The number of fused-ring (bicyclic) bond motifs is 1. The molecule has 1 unspecified atom stereocenters. The lowest BCUT2D eigenvalue weighted by Crippen LogP contribution is -3.18. The molecule has 1 N–H and O–H groups in total. The summed E-state index contributed by atoms with van der Waals surface area (Å²) < 4.78 is 1.28. The lowest BCUT2D eigenvalue weighted by molar-refractivity contribution is -0.920. The van der Waals surface area contributed by atoms with Gasteiger partial charge < -0.3 is 9.80 Å². The third kappa shape index (κ3) is 3.77. The number of para-hydroxylation sites is 1. The van der Waals surface area contributed by atoms with Crippen molar-refractivity contribution in [1.82, 2.24) is 9.88 Å². The minimum Gasteiger partial charge on any atom is -0.332 e. The lowest BCUT2D eigenvalue weighted by atomic mass is 9.94. The summed E-state index contributed by atoms with van der Waals surface area (Å²) in [5.41, 5.74) is 1.12. The van der Waals surface area contributed by atoms with Gasteiger partial charge in [0.1, 0.15) is 5.01 Å². The fourth-order valence-corrected chi connectivity index (χ4v) is 6.12. The van der Waals surface area contributed by atoms with Gasteiger partial charge in [-0.15, -0.1) is 11.3 Å². The van der Waals surface area contributed by atoms with E-state index >= 15 is 0 Å². The Labute approximate surface area is 166 Å². The van der Waals surface area contributed by atoms with Crippen LogP contribution in [-0.4, -0.2) is 47.0 Å². The van der Waals surface area contributed by atoms with Crippen molar-refractivity contribution < 1.29 is 9.69 Å². The van der Waals surface area contributed by atoms with Crippen molar-refractivity contribution in [2.75, 3.05) is 13.1 Å². The van der Waals surface area contributed by atoms with Crippen molar-refractivity contribution in [1.29, 1.82) is 0 Å². The molecular weight excluding hydrogens is 354 g/mol. The number of amides is 1. The van der Waals surface area contributed by atoms with Crippen LogP contribution in [0.1, 0.15) is 63.8 Å². The number of aromatic nitrogens is 1. The molecule has 0 spiro atoms. The number of carbonyl (C=O) groups is 1. The standard InChI is InChI=1S/C22H31N3OS/c1-15-8-6-9-16(2)25(15)22(26)17(3)24-13-7-10-18(14-24)21-23-19-11-4-5-12-20(19)27-21/h4-5,11-12,15-18H,6-10,13-14H2,1-3H3/p+1/t15-,16-,17+,18-/m0/s1. The first-order valence-corrected chi connectivity index (χ1v) is 11.4. The molecule has 0 radical (unpaired) electrons. The number of piperidine rings is 2. The predicted octanol–water partition coefficient (Wildman–Crippen LogP) is 3.24. The van der Waals surface area contributed by atoms with E-state index in [9.17, 15) is 4.79 Å². The highest BCUT2D eigenvalue weighted by molar-refractivity contribution is 7.18. The molecule has 1 amide bonds. The third-order valence-electron chi connectivity index (χ3n) is 6.65. The molecule has 2 aliphatic heterocycles. The summed E-state index contributed by atoms with van der Waals surface area (Å²) in [6.07, 6.45) is 5.91. The fraction of sp³-hybridized carbons (Fsp3) is 0.636. The van der Waals surface area contributed by atoms with E-state index in [0.29, 0.717) is 23.9 Å². The molecule has 0 aliphatic carbocycles. The zero-order valence-electron chi connectivity index (χ0n) is 16.8. The monoisotopic (exact) mass is 386 g/mol. The van der Waals surface area contributed by atoms with Crippen LogP contribution in [0.2, 0.25) is 0 Å². The average Bonchev–Trinajstić information content (AvgIpc) is 3.11. The van der Waals surface area contributed by atoms with Crippen molar-refractivity contribution in [3.05, 3.63) is 29.3 Å². The van der Waals surface area contributed by atoms with E-state index in [-0.39, 0.29) is 6.04 Å². The Hall–Kier alpha value is -1.46. The first-order valence-electron chi connectivity index (χ1n) is 10.6. The molecule has 2 aliphatic rings. The molecule has 2 aromatic rings. The van der Waals surface area contributed by atoms with Crippen LogP contribution in [0.25, 0.3) is 10.2 Å². The molecule has 0 bridgehead atoms. The summed E-state index contributed by atoms with van der Waals surface area (Å²) in [6, 6.07) is 9.23. The maximum atomic E-state index is 13.3. The van der Waals surface area contributed by atoms with Gasteiger partial charge in [0.05, 0.1) is 29.2 Å². The number of hydrogen-bond donors (Lipinski definition) is 1. The average molecular weight is 387 g/mol. The molecular formula is C22H32N3OS+. The number of hydrogen-bond acceptors (Lipinski definition) is 3. The number of carbonyl (C=O) groups excluding carboxylic acids is 1. The Kier molecular flexibility index (Phi) is 5.51. The number of benzene rings is 1. The Morgan fingerprint density at radius 2 is 1.93 bits per heavy atom. The van der Waals surface area contributed by atoms with Gasteiger partial charge in [0.15, 0.2) is 6.04 Å². The van der Waals surface area contributed by atoms with E-state index in [2.05, 4.69) is 49.9 Å². The summed E-state index contributed by atoms with van der Waals surface area (Å²) in [5, 5.41) is 1.26. The van der Waals surface area contributed by atoms with Gasteiger partial charge in [0, 0.05) is 12.1 Å². The minimum absolute atomic E-state index is 0.0465. The van der Waals surface area contributed by atoms with E-state index in [0.717, 1.165) is 31.4 Å². The number of nitrogens with zero attached hydrogens (tertiary/aromatic N) is 2. The normalized spacial score (nSPS) is 30.4. The fourth-order valence-electron chi connectivity index (χ4n) is 5.02. The molecule has 5 heteroatoms. The number of quaternary nitrogens is 1. The van der Waals surface area contributed by atoms with Gasteiger partial charge in [-0.05, 0) is 65.0 Å². The highest BCUT2D eigenvalue weighted by atomic mass is 32.1. The first kappa shape index (κ1) is 18.9. The summed E-state index contributed by atoms with van der Waals surface area (Å²) in [5.74, 6) is 0.840. The van der Waals surface area contributed by atoms with Crippen molar-refractivity contribution in [3.63, 3.8) is 0 Å². The van der Waals surface area contributed by atoms with E-state index in [1.54, 1.807) is 0 Å². The minimum atomic E-state index is 0.0465. The zero-order chi connectivity index (χ0) is 19.0. The largest absolute Gasteiger partial charge is 0.332 e. The Bertz CT molecular complexity index is 761. The molecule has 0 saturated carbocycles. The summed E-state index contributed by atoms with van der Waals surface area (Å²) in [6.45, 7) is 8.71. The van der Waals surface area contributed by atoms with E-state index < -0.39 is 0 Å². The van der Waals surface area contributed by atoms with E-state index in [1.165, 1.54) is 33.9 Å². The molecule has 5 atom stereocenters. The van der Waals surface area contributed by atoms with Crippen molar-refractivity contribution in [3.8, 4) is 0 Å². The number of likely N-dealkylation sites (tertiary alicyclic amines) is 2. The first-order chi connectivity index (χ1) is 13.0. The van der Waals surface area contributed by atoms with Crippen molar-refractivity contribution in [2.45, 2.75) is 76.9 Å². The van der Waals surface area contributed by atoms with Crippen molar-refractivity contribution >= 4 is 27.5 Å². The SMILES string of the molecule is C[C@H](C(=O)N1[C@@H](C)CCC[C@@H]1C)[NH+]1CCC[C@H](c2nc3ccccc3s2)C1. The molecule has 3 heterocycles. The van der Waals surface area contributed by atoms with Crippen LogP contribution in [0.4, 0.5) is 0 Å². The van der Waals surface area contributed by atoms with Crippen LogP contribution in [0.3, 0.4) is 0 Å². The number of nitrogens with one attached hydrogen (secondary N) is 1. The molecule has 4 rings (SSSR count). The molecule has 2 fully saturated rings. The molecule has 27 heavy (non-hydrogen) atoms. The highest BCUT2D eigenvalue weighted by Gasteiger charge is 2.38. The van der Waals surface area contributed by atoms with Gasteiger partial charge in [-0.25, -0.2) is 4.98 Å². The maximum Gasteiger partial charge on any atom is 0.281 e. The predicted molar refractivity (Wildman–Crippen MR) is 111 cm³/mol. The van der Waals surface area contributed by atoms with Crippen LogP contribution in [0.15, 0.2) is 24.3 Å². The van der Waals surface area contributed by atoms with Gasteiger partial charge in [-0.2, -0.15) is 0 Å².